The van der Waals surface area contributed by atoms with E-state index >= 15 is 0 Å². The van der Waals surface area contributed by atoms with Crippen LogP contribution in [-0.2, 0) is 0 Å². The molecule has 0 unspecified atom stereocenters. The molecule has 0 atom stereocenters. The average molecular weight is 390 g/mol. The lowest BCUT2D eigenvalue weighted by atomic mass is 10.1. The molecule has 0 aliphatic carbocycles. The molecule has 0 aliphatic rings. The van der Waals surface area contributed by atoms with Crippen LogP contribution in [0.5, 0.6) is 0 Å². The number of furan rings is 1. The van der Waals surface area contributed by atoms with Gasteiger partial charge in [-0.25, -0.2) is 4.98 Å². The summed E-state index contributed by atoms with van der Waals surface area (Å²) in [5.41, 5.74) is 3.12. The van der Waals surface area contributed by atoms with E-state index in [0.29, 0.717) is 40.4 Å². The quantitative estimate of drug-likeness (QED) is 0.479. The van der Waals surface area contributed by atoms with Gasteiger partial charge in [0.25, 0.3) is 11.6 Å². The predicted octanol–water partition coefficient (Wildman–Crippen LogP) is 4.05. The van der Waals surface area contributed by atoms with Gasteiger partial charge in [0, 0.05) is 25.8 Å². The van der Waals surface area contributed by atoms with Gasteiger partial charge in [0.15, 0.2) is 5.76 Å². The molecule has 148 valence electrons. The Balaban J connectivity index is 1.46. The molecule has 0 aliphatic heterocycles. The number of nitrogens with one attached hydrogen (secondary N) is 1. The molecule has 1 amide bonds. The van der Waals surface area contributed by atoms with Gasteiger partial charge >= 0.3 is 0 Å². The molecule has 4 aromatic rings. The standard InChI is InChI=1S/C22H22N4O3/c1-15-20-17(14-18(19-10-6-13-28-19)24-22(20)29-25-15)21(27)23-11-7-12-26(2)16-8-4-3-5-9-16/h3-6,8-10,13-14H,7,11-12H2,1-2H3,(H,23,27). The van der Waals surface area contributed by atoms with Crippen molar-refractivity contribution in [1.29, 1.82) is 0 Å². The summed E-state index contributed by atoms with van der Waals surface area (Å²) in [5.74, 6) is 0.387. The number of carbonyl (C=O) groups is 1. The second-order valence-corrected chi connectivity index (χ2v) is 6.85. The van der Waals surface area contributed by atoms with Crippen molar-refractivity contribution < 1.29 is 13.7 Å². The van der Waals surface area contributed by atoms with Gasteiger partial charge in [-0.2, -0.15) is 0 Å². The zero-order valence-electron chi connectivity index (χ0n) is 16.4. The van der Waals surface area contributed by atoms with Crippen LogP contribution in [0, 0.1) is 6.92 Å². The van der Waals surface area contributed by atoms with E-state index in [4.69, 9.17) is 8.94 Å². The predicted molar refractivity (Wildman–Crippen MR) is 111 cm³/mol. The number of anilines is 1. The number of pyridine rings is 1. The van der Waals surface area contributed by atoms with E-state index in [0.717, 1.165) is 18.7 Å². The summed E-state index contributed by atoms with van der Waals surface area (Å²) in [6.07, 6.45) is 2.38. The summed E-state index contributed by atoms with van der Waals surface area (Å²) in [7, 11) is 2.04. The molecule has 29 heavy (non-hydrogen) atoms. The number of rotatable bonds is 7. The highest BCUT2D eigenvalue weighted by Gasteiger charge is 2.20. The van der Waals surface area contributed by atoms with E-state index < -0.39 is 0 Å². The minimum Gasteiger partial charge on any atom is -0.463 e. The monoisotopic (exact) mass is 390 g/mol. The zero-order valence-corrected chi connectivity index (χ0v) is 16.4. The molecule has 3 heterocycles. The normalized spacial score (nSPS) is 11.0. The summed E-state index contributed by atoms with van der Waals surface area (Å²) in [6.45, 7) is 3.19. The zero-order chi connectivity index (χ0) is 20.2. The molecule has 0 saturated carbocycles. The van der Waals surface area contributed by atoms with Crippen LogP contribution >= 0.6 is 0 Å². The van der Waals surface area contributed by atoms with Crippen molar-refractivity contribution in [3.63, 3.8) is 0 Å². The van der Waals surface area contributed by atoms with Crippen molar-refractivity contribution in [2.24, 2.45) is 0 Å². The third-order valence-electron chi connectivity index (χ3n) is 4.79. The van der Waals surface area contributed by atoms with Crippen molar-refractivity contribution in [3.8, 4) is 11.5 Å². The van der Waals surface area contributed by atoms with Crippen LogP contribution in [0.1, 0.15) is 22.5 Å². The maximum absolute atomic E-state index is 12.9. The number of fused-ring (bicyclic) bond motifs is 1. The summed E-state index contributed by atoms with van der Waals surface area (Å²) in [6, 6.07) is 15.4. The van der Waals surface area contributed by atoms with E-state index in [1.54, 1.807) is 31.4 Å². The summed E-state index contributed by atoms with van der Waals surface area (Å²) in [4.78, 5) is 19.5. The van der Waals surface area contributed by atoms with Crippen molar-refractivity contribution in [2.75, 3.05) is 25.0 Å². The van der Waals surface area contributed by atoms with Gasteiger partial charge in [0.1, 0.15) is 5.69 Å². The number of aryl methyl sites for hydroxylation is 1. The number of hydrogen-bond donors (Lipinski definition) is 1. The number of benzene rings is 1. The van der Waals surface area contributed by atoms with E-state index in [1.165, 1.54) is 0 Å². The second kappa shape index (κ2) is 8.18. The van der Waals surface area contributed by atoms with Gasteiger partial charge in [-0.15, -0.1) is 0 Å². The minimum atomic E-state index is -0.182. The van der Waals surface area contributed by atoms with Gasteiger partial charge in [0.2, 0.25) is 0 Å². The maximum atomic E-state index is 12.9. The number of amides is 1. The first-order valence-electron chi connectivity index (χ1n) is 9.49. The lowest BCUT2D eigenvalue weighted by molar-refractivity contribution is 0.0955. The Morgan fingerprint density at radius 2 is 2.00 bits per heavy atom. The number of carbonyl (C=O) groups excluding carboxylic acids is 1. The topological polar surface area (TPSA) is 84.4 Å². The van der Waals surface area contributed by atoms with Crippen molar-refractivity contribution in [2.45, 2.75) is 13.3 Å². The van der Waals surface area contributed by atoms with Gasteiger partial charge in [-0.05, 0) is 43.7 Å². The molecule has 3 aromatic heterocycles. The average Bonchev–Trinajstić information content (AvgIpc) is 3.41. The van der Waals surface area contributed by atoms with Crippen LogP contribution in [0.25, 0.3) is 22.6 Å². The number of hydrogen-bond acceptors (Lipinski definition) is 6. The molecule has 0 bridgehead atoms. The molecule has 0 fully saturated rings. The van der Waals surface area contributed by atoms with Gasteiger partial charge in [-0.1, -0.05) is 23.4 Å². The largest absolute Gasteiger partial charge is 0.463 e. The Kier molecular flexibility index (Phi) is 5.29. The molecular weight excluding hydrogens is 368 g/mol. The number of aromatic nitrogens is 2. The van der Waals surface area contributed by atoms with Crippen LogP contribution in [0.15, 0.2) is 63.7 Å². The molecule has 7 heteroatoms. The van der Waals surface area contributed by atoms with Crippen molar-refractivity contribution in [1.82, 2.24) is 15.5 Å². The smallest absolute Gasteiger partial charge is 0.259 e. The Labute approximate surface area is 168 Å². The molecule has 0 spiro atoms. The number of nitrogens with zero attached hydrogens (tertiary/aromatic N) is 3. The molecule has 4 rings (SSSR count). The first-order chi connectivity index (χ1) is 14.1. The summed E-state index contributed by atoms with van der Waals surface area (Å²) < 4.78 is 10.7. The van der Waals surface area contributed by atoms with Gasteiger partial charge < -0.3 is 19.2 Å². The van der Waals surface area contributed by atoms with Crippen LogP contribution in [-0.4, -0.2) is 36.2 Å². The first kappa shape index (κ1) is 18.7. The minimum absolute atomic E-state index is 0.182. The number of para-hydroxylation sites is 1. The van der Waals surface area contributed by atoms with Crippen LogP contribution in [0.4, 0.5) is 5.69 Å². The second-order valence-electron chi connectivity index (χ2n) is 6.85. The van der Waals surface area contributed by atoms with Crippen molar-refractivity contribution in [3.05, 3.63) is 66.1 Å². The molecule has 0 saturated heterocycles. The highest BCUT2D eigenvalue weighted by molar-refractivity contribution is 6.06. The SMILES string of the molecule is Cc1noc2nc(-c3ccco3)cc(C(=O)NCCCN(C)c3ccccc3)c12. The fraction of sp³-hybridized carbons (Fsp3) is 0.227. The Hall–Kier alpha value is -3.61. The third kappa shape index (κ3) is 3.99. The van der Waals surface area contributed by atoms with Gasteiger partial charge in [-0.3, -0.25) is 4.79 Å². The van der Waals surface area contributed by atoms with E-state index in [2.05, 4.69) is 32.5 Å². The highest BCUT2D eigenvalue weighted by Crippen LogP contribution is 2.27. The first-order valence-corrected chi connectivity index (χ1v) is 9.49. The lowest BCUT2D eigenvalue weighted by Gasteiger charge is -2.19. The van der Waals surface area contributed by atoms with Crippen LogP contribution in [0.3, 0.4) is 0 Å². The molecular formula is C22H22N4O3. The molecule has 0 radical (unpaired) electrons. The van der Waals surface area contributed by atoms with Crippen LogP contribution < -0.4 is 10.2 Å². The lowest BCUT2D eigenvalue weighted by Crippen LogP contribution is -2.28. The van der Waals surface area contributed by atoms with Gasteiger partial charge in [0.05, 0.1) is 22.9 Å². The van der Waals surface area contributed by atoms with E-state index in [9.17, 15) is 4.79 Å². The van der Waals surface area contributed by atoms with Crippen LogP contribution in [0.2, 0.25) is 0 Å². The Morgan fingerprint density at radius 1 is 1.17 bits per heavy atom. The maximum Gasteiger partial charge on any atom is 0.259 e. The fourth-order valence-electron chi connectivity index (χ4n) is 3.25. The third-order valence-corrected chi connectivity index (χ3v) is 4.79. The molecule has 7 nitrogen and oxygen atoms in total. The fourth-order valence-corrected chi connectivity index (χ4v) is 3.25. The summed E-state index contributed by atoms with van der Waals surface area (Å²) in [5, 5.41) is 7.58. The Bertz CT molecular complexity index is 1100. The van der Waals surface area contributed by atoms with E-state index in [1.807, 2.05) is 25.2 Å². The van der Waals surface area contributed by atoms with E-state index in [-0.39, 0.29) is 5.91 Å². The molecule has 1 N–H and O–H groups in total. The summed E-state index contributed by atoms with van der Waals surface area (Å²) >= 11 is 0. The molecule has 1 aromatic carbocycles. The highest BCUT2D eigenvalue weighted by atomic mass is 16.5. The van der Waals surface area contributed by atoms with Crippen molar-refractivity contribution >= 4 is 22.7 Å². The Morgan fingerprint density at radius 3 is 2.76 bits per heavy atom.